The number of phenols is 1. The van der Waals surface area contributed by atoms with Gasteiger partial charge in [-0.25, -0.2) is 0 Å². The van der Waals surface area contributed by atoms with Gasteiger partial charge < -0.3 is 19.3 Å². The zero-order chi connectivity index (χ0) is 12.3. The Morgan fingerprint density at radius 2 is 2.17 bits per heavy atom. The summed E-state index contributed by atoms with van der Waals surface area (Å²) in [5.41, 5.74) is 1.66. The lowest BCUT2D eigenvalue weighted by Gasteiger charge is -2.24. The minimum atomic E-state index is -0.197. The minimum Gasteiger partial charge on any atom is -0.504 e. The quantitative estimate of drug-likeness (QED) is 0.693. The van der Waals surface area contributed by atoms with Crippen molar-refractivity contribution in [2.24, 2.45) is 11.8 Å². The molecule has 5 heteroatoms. The number of hydrogen-bond acceptors (Lipinski definition) is 5. The lowest BCUT2D eigenvalue weighted by molar-refractivity contribution is -0.140. The van der Waals surface area contributed by atoms with Gasteiger partial charge in [0.1, 0.15) is 0 Å². The Morgan fingerprint density at radius 1 is 1.28 bits per heavy atom. The molecule has 0 saturated carbocycles. The van der Waals surface area contributed by atoms with Crippen molar-refractivity contribution >= 4 is 5.97 Å². The van der Waals surface area contributed by atoms with E-state index in [0.717, 1.165) is 11.1 Å². The predicted octanol–water partition coefficient (Wildman–Crippen LogP) is 1.02. The average molecular weight is 247 g/mol. The summed E-state index contributed by atoms with van der Waals surface area (Å²) in [7, 11) is 0. The SMILES string of the molecule is O=C1OCC2Cc3c(cc4c(c3O)OCO4)[CH]C12. The fourth-order valence-corrected chi connectivity index (χ4v) is 2.87. The number of cyclic esters (lactones) is 1. The molecule has 4 rings (SSSR count). The van der Waals surface area contributed by atoms with Gasteiger partial charge in [-0.3, -0.25) is 4.79 Å². The van der Waals surface area contributed by atoms with E-state index >= 15 is 0 Å². The fourth-order valence-electron chi connectivity index (χ4n) is 2.87. The monoisotopic (exact) mass is 247 g/mol. The van der Waals surface area contributed by atoms with Crippen molar-refractivity contribution in [3.05, 3.63) is 23.6 Å². The number of benzene rings is 1. The van der Waals surface area contributed by atoms with E-state index in [1.807, 2.05) is 12.5 Å². The highest BCUT2D eigenvalue weighted by Gasteiger charge is 2.42. The highest BCUT2D eigenvalue weighted by atomic mass is 16.7. The third-order valence-electron chi connectivity index (χ3n) is 3.82. The van der Waals surface area contributed by atoms with Gasteiger partial charge >= 0.3 is 5.97 Å². The molecule has 1 saturated heterocycles. The van der Waals surface area contributed by atoms with Crippen LogP contribution in [0.1, 0.15) is 11.1 Å². The number of phenolic OH excluding ortho intramolecular Hbond substituents is 1. The molecule has 1 radical (unpaired) electrons. The van der Waals surface area contributed by atoms with E-state index in [1.165, 1.54) is 0 Å². The van der Waals surface area contributed by atoms with Crippen LogP contribution in [0.2, 0.25) is 0 Å². The molecule has 3 aliphatic rings. The lowest BCUT2D eigenvalue weighted by Crippen LogP contribution is -2.24. The summed E-state index contributed by atoms with van der Waals surface area (Å²) < 4.78 is 15.6. The Hall–Kier alpha value is -1.91. The second kappa shape index (κ2) is 3.31. The topological polar surface area (TPSA) is 65.0 Å². The molecule has 0 amide bonds. The first-order chi connectivity index (χ1) is 8.74. The zero-order valence-corrected chi connectivity index (χ0v) is 9.51. The molecule has 0 aromatic heterocycles. The number of rotatable bonds is 0. The summed E-state index contributed by atoms with van der Waals surface area (Å²) in [5, 5.41) is 10.2. The largest absolute Gasteiger partial charge is 0.504 e. The Bertz CT molecular complexity index is 551. The van der Waals surface area contributed by atoms with E-state index in [1.54, 1.807) is 0 Å². The number of carbonyl (C=O) groups excluding carboxylic acids is 1. The molecule has 1 aromatic carbocycles. The maximum Gasteiger partial charge on any atom is 0.310 e. The summed E-state index contributed by atoms with van der Waals surface area (Å²) in [6, 6.07) is 1.82. The first-order valence-corrected chi connectivity index (χ1v) is 5.90. The van der Waals surface area contributed by atoms with Crippen molar-refractivity contribution in [2.75, 3.05) is 13.4 Å². The molecule has 2 atom stereocenters. The van der Waals surface area contributed by atoms with Crippen LogP contribution in [-0.2, 0) is 16.0 Å². The van der Waals surface area contributed by atoms with Gasteiger partial charge in [0.2, 0.25) is 12.5 Å². The van der Waals surface area contributed by atoms with E-state index in [9.17, 15) is 9.90 Å². The third kappa shape index (κ3) is 1.19. The zero-order valence-electron chi connectivity index (χ0n) is 9.51. The van der Waals surface area contributed by atoms with Crippen LogP contribution < -0.4 is 9.47 Å². The van der Waals surface area contributed by atoms with E-state index < -0.39 is 0 Å². The van der Waals surface area contributed by atoms with Gasteiger partial charge in [-0.15, -0.1) is 0 Å². The highest BCUT2D eigenvalue weighted by molar-refractivity contribution is 5.79. The fraction of sp³-hybridized carbons (Fsp3) is 0.385. The van der Waals surface area contributed by atoms with Crippen LogP contribution in [-0.4, -0.2) is 24.5 Å². The molecule has 2 heterocycles. The van der Waals surface area contributed by atoms with Crippen LogP contribution in [0.25, 0.3) is 0 Å². The van der Waals surface area contributed by atoms with Gasteiger partial charge in [-0.05, 0) is 18.1 Å². The molecule has 5 nitrogen and oxygen atoms in total. The third-order valence-corrected chi connectivity index (χ3v) is 3.82. The van der Waals surface area contributed by atoms with Crippen LogP contribution in [0.15, 0.2) is 6.07 Å². The molecule has 2 aliphatic heterocycles. The number of esters is 1. The van der Waals surface area contributed by atoms with Crippen molar-refractivity contribution in [1.82, 2.24) is 0 Å². The normalized spacial score (nSPS) is 27.7. The Morgan fingerprint density at radius 3 is 3.06 bits per heavy atom. The maximum atomic E-state index is 11.6. The first-order valence-electron chi connectivity index (χ1n) is 5.90. The molecule has 93 valence electrons. The van der Waals surface area contributed by atoms with E-state index in [0.29, 0.717) is 24.5 Å². The van der Waals surface area contributed by atoms with Crippen LogP contribution in [0, 0.1) is 18.3 Å². The number of fused-ring (bicyclic) bond motifs is 3. The van der Waals surface area contributed by atoms with Crippen molar-refractivity contribution in [2.45, 2.75) is 6.42 Å². The van der Waals surface area contributed by atoms with Crippen LogP contribution in [0.4, 0.5) is 0 Å². The minimum absolute atomic E-state index is 0.122. The number of aromatic hydroxyl groups is 1. The predicted molar refractivity (Wildman–Crippen MR) is 59.3 cm³/mol. The highest BCUT2D eigenvalue weighted by Crippen LogP contribution is 2.49. The van der Waals surface area contributed by atoms with Crippen molar-refractivity contribution in [3.63, 3.8) is 0 Å². The van der Waals surface area contributed by atoms with Gasteiger partial charge in [0.05, 0.1) is 12.5 Å². The molecule has 0 bridgehead atoms. The summed E-state index contributed by atoms with van der Waals surface area (Å²) in [4.78, 5) is 11.6. The van der Waals surface area contributed by atoms with Crippen LogP contribution in [0.5, 0.6) is 17.2 Å². The number of hydrogen-bond donors (Lipinski definition) is 1. The molecule has 2 unspecified atom stereocenters. The standard InChI is InChI=1S/C13H11O5/c14-11-8-2-7-4-16-13(15)9(7)1-6(8)3-10-12(11)18-5-17-10/h1,3,7,9,14H,2,4-5H2. The van der Waals surface area contributed by atoms with Crippen molar-refractivity contribution in [1.29, 1.82) is 0 Å². The summed E-state index contributed by atoms with van der Waals surface area (Å²) >= 11 is 0. The van der Waals surface area contributed by atoms with Crippen LogP contribution >= 0.6 is 0 Å². The summed E-state index contributed by atoms with van der Waals surface area (Å²) in [5.74, 6) is 0.823. The van der Waals surface area contributed by atoms with Gasteiger partial charge in [0.25, 0.3) is 0 Å². The van der Waals surface area contributed by atoms with Crippen molar-refractivity contribution < 1.29 is 24.1 Å². The molecular weight excluding hydrogens is 236 g/mol. The summed E-state index contributed by atoms with van der Waals surface area (Å²) in [6.45, 7) is 0.550. The van der Waals surface area contributed by atoms with Gasteiger partial charge in [-0.2, -0.15) is 0 Å². The number of carbonyl (C=O) groups is 1. The number of ether oxygens (including phenoxy) is 3. The average Bonchev–Trinajstić information content (AvgIpc) is 2.96. The van der Waals surface area contributed by atoms with Gasteiger partial charge in [-0.1, -0.05) is 0 Å². The summed E-state index contributed by atoms with van der Waals surface area (Å²) in [6.07, 6.45) is 2.49. The Kier molecular flexibility index (Phi) is 1.85. The Labute approximate surface area is 103 Å². The van der Waals surface area contributed by atoms with Gasteiger partial charge in [0.15, 0.2) is 11.5 Å². The van der Waals surface area contributed by atoms with E-state index in [4.69, 9.17) is 14.2 Å². The molecular formula is C13H11O5. The second-order valence-electron chi connectivity index (χ2n) is 4.81. The lowest BCUT2D eigenvalue weighted by atomic mass is 9.77. The van der Waals surface area contributed by atoms with Gasteiger partial charge in [0, 0.05) is 17.9 Å². The van der Waals surface area contributed by atoms with E-state index in [2.05, 4.69) is 0 Å². The smallest absolute Gasteiger partial charge is 0.310 e. The Balaban J connectivity index is 1.83. The first kappa shape index (κ1) is 10.1. The van der Waals surface area contributed by atoms with Crippen LogP contribution in [0.3, 0.4) is 0 Å². The maximum absolute atomic E-state index is 11.6. The molecule has 1 fully saturated rings. The second-order valence-corrected chi connectivity index (χ2v) is 4.81. The van der Waals surface area contributed by atoms with Crippen molar-refractivity contribution in [3.8, 4) is 17.2 Å². The molecule has 0 spiro atoms. The molecule has 1 N–H and O–H groups in total. The molecule has 1 aliphatic carbocycles. The van der Waals surface area contributed by atoms with E-state index in [-0.39, 0.29) is 30.3 Å². The molecule has 18 heavy (non-hydrogen) atoms. The molecule has 1 aromatic rings.